The topological polar surface area (TPSA) is 75.7 Å². The first-order valence-electron chi connectivity index (χ1n) is 9.95. The van der Waals surface area contributed by atoms with E-state index in [2.05, 4.69) is 27.2 Å². The molecule has 1 aliphatic rings. The summed E-state index contributed by atoms with van der Waals surface area (Å²) in [7, 11) is 1.67. The lowest BCUT2D eigenvalue weighted by Crippen LogP contribution is -2.10. The average Bonchev–Trinajstić information content (AvgIpc) is 3.16. The number of methoxy groups -OCH3 is 1. The maximum atomic E-state index is 5.58. The summed E-state index contributed by atoms with van der Waals surface area (Å²) in [6.45, 7) is 4.07. The number of aromatic amines is 1. The van der Waals surface area contributed by atoms with Gasteiger partial charge in [-0.3, -0.25) is 0 Å². The molecular weight excluding hydrogens is 350 g/mol. The number of hydrogen-bond donors (Lipinski definition) is 2. The Balaban J connectivity index is 1.59. The molecule has 3 aromatic rings. The van der Waals surface area contributed by atoms with Crippen molar-refractivity contribution in [3.05, 3.63) is 47.5 Å². The quantitative estimate of drug-likeness (QED) is 0.632. The summed E-state index contributed by atoms with van der Waals surface area (Å²) < 4.78 is 5.58. The molecule has 1 fully saturated rings. The molecule has 2 N–H and O–H groups in total. The molecule has 0 saturated heterocycles. The fourth-order valence-electron chi connectivity index (χ4n) is 3.95. The van der Waals surface area contributed by atoms with Gasteiger partial charge in [-0.2, -0.15) is 0 Å². The monoisotopic (exact) mass is 377 g/mol. The molecule has 0 unspecified atom stereocenters. The Hall–Kier alpha value is -2.89. The van der Waals surface area contributed by atoms with Crippen molar-refractivity contribution in [2.45, 2.75) is 51.9 Å². The zero-order chi connectivity index (χ0) is 19.5. The second-order valence-corrected chi connectivity index (χ2v) is 7.53. The summed E-state index contributed by atoms with van der Waals surface area (Å²) in [5.74, 6) is 2.73. The number of anilines is 2. The van der Waals surface area contributed by atoms with Crippen LogP contribution in [0.3, 0.4) is 0 Å². The molecule has 4 rings (SSSR count). The lowest BCUT2D eigenvalue weighted by Gasteiger charge is -2.22. The minimum Gasteiger partial charge on any atom is -0.496 e. The van der Waals surface area contributed by atoms with Crippen molar-refractivity contribution in [1.82, 2.24) is 19.9 Å². The fourth-order valence-corrected chi connectivity index (χ4v) is 3.95. The number of ether oxygens (including phenoxy) is 1. The summed E-state index contributed by atoms with van der Waals surface area (Å²) >= 11 is 0. The Bertz CT molecular complexity index is 959. The maximum absolute atomic E-state index is 5.58. The van der Waals surface area contributed by atoms with E-state index in [1.165, 1.54) is 43.4 Å². The number of hydrogen-bond acceptors (Lipinski definition) is 5. The van der Waals surface area contributed by atoms with Crippen molar-refractivity contribution in [2.24, 2.45) is 0 Å². The normalized spacial score (nSPS) is 14.8. The van der Waals surface area contributed by atoms with Gasteiger partial charge < -0.3 is 15.0 Å². The van der Waals surface area contributed by atoms with Crippen LogP contribution in [0.1, 0.15) is 55.0 Å². The van der Waals surface area contributed by atoms with Gasteiger partial charge in [0.1, 0.15) is 11.6 Å². The summed E-state index contributed by atoms with van der Waals surface area (Å²) in [4.78, 5) is 17.0. The molecule has 2 heterocycles. The summed E-state index contributed by atoms with van der Waals surface area (Å²) in [5, 5.41) is 3.34. The number of nitrogens with one attached hydrogen (secondary N) is 2. The predicted molar refractivity (Wildman–Crippen MR) is 111 cm³/mol. The number of aromatic nitrogens is 4. The molecule has 6 nitrogen and oxygen atoms in total. The molecule has 1 aliphatic carbocycles. The zero-order valence-electron chi connectivity index (χ0n) is 16.7. The summed E-state index contributed by atoms with van der Waals surface area (Å²) in [6, 6.07) is 5.95. The highest BCUT2D eigenvalue weighted by atomic mass is 16.5. The smallest absolute Gasteiger partial charge is 0.227 e. The first kappa shape index (κ1) is 18.5. The number of imidazole rings is 1. The number of H-pyrrole nitrogens is 1. The van der Waals surface area contributed by atoms with Gasteiger partial charge in [-0.1, -0.05) is 19.3 Å². The van der Waals surface area contributed by atoms with E-state index in [9.17, 15) is 0 Å². The van der Waals surface area contributed by atoms with Gasteiger partial charge in [0.2, 0.25) is 5.95 Å². The van der Waals surface area contributed by atoms with Crippen LogP contribution in [0.4, 0.5) is 11.6 Å². The van der Waals surface area contributed by atoms with E-state index in [0.29, 0.717) is 11.9 Å². The molecule has 6 heteroatoms. The molecule has 0 bridgehead atoms. The van der Waals surface area contributed by atoms with Crippen LogP contribution in [0.15, 0.2) is 30.6 Å². The van der Waals surface area contributed by atoms with Crippen LogP contribution < -0.4 is 10.1 Å². The van der Waals surface area contributed by atoms with Gasteiger partial charge in [-0.05, 0) is 44.4 Å². The molecule has 0 radical (unpaired) electrons. The van der Waals surface area contributed by atoms with E-state index >= 15 is 0 Å². The van der Waals surface area contributed by atoms with E-state index in [4.69, 9.17) is 9.72 Å². The van der Waals surface area contributed by atoms with Gasteiger partial charge in [-0.15, -0.1) is 0 Å². The molecule has 0 spiro atoms. The van der Waals surface area contributed by atoms with Gasteiger partial charge in [0.25, 0.3) is 0 Å². The van der Waals surface area contributed by atoms with Gasteiger partial charge in [0.15, 0.2) is 0 Å². The van der Waals surface area contributed by atoms with Crippen molar-refractivity contribution in [2.75, 3.05) is 12.4 Å². The van der Waals surface area contributed by atoms with Gasteiger partial charge >= 0.3 is 0 Å². The third-order valence-electron chi connectivity index (χ3n) is 5.42. The highest BCUT2D eigenvalue weighted by Crippen LogP contribution is 2.34. The highest BCUT2D eigenvalue weighted by Gasteiger charge is 2.19. The number of benzene rings is 1. The Kier molecular flexibility index (Phi) is 5.28. The standard InChI is InChI=1S/C22H27N5O/c1-14-12-24-22(27-20(14)16-7-5-4-6-8-16)26-17-9-10-18(19(11-17)28-3)21-23-13-15(2)25-21/h9-13,16H,4-8H2,1-3H3,(H,23,25)(H,24,26,27). The zero-order valence-corrected chi connectivity index (χ0v) is 16.7. The molecule has 146 valence electrons. The van der Waals surface area contributed by atoms with Crippen LogP contribution in [0.2, 0.25) is 0 Å². The molecule has 2 aromatic heterocycles. The number of nitrogens with zero attached hydrogens (tertiary/aromatic N) is 3. The van der Waals surface area contributed by atoms with Crippen molar-refractivity contribution in [3.8, 4) is 17.1 Å². The Morgan fingerprint density at radius 1 is 1.11 bits per heavy atom. The number of rotatable bonds is 5. The lowest BCUT2D eigenvalue weighted by atomic mass is 9.85. The van der Waals surface area contributed by atoms with Crippen LogP contribution in [0.5, 0.6) is 5.75 Å². The molecular formula is C22H27N5O. The average molecular weight is 377 g/mol. The van der Waals surface area contributed by atoms with Crippen LogP contribution in [0.25, 0.3) is 11.4 Å². The second kappa shape index (κ2) is 8.00. The van der Waals surface area contributed by atoms with Gasteiger partial charge in [0, 0.05) is 30.1 Å². The highest BCUT2D eigenvalue weighted by molar-refractivity contribution is 5.70. The summed E-state index contributed by atoms with van der Waals surface area (Å²) in [5.41, 5.74) is 5.13. The van der Waals surface area contributed by atoms with Crippen LogP contribution in [-0.2, 0) is 0 Å². The predicted octanol–water partition coefficient (Wildman–Crippen LogP) is 5.28. The van der Waals surface area contributed by atoms with Crippen molar-refractivity contribution >= 4 is 11.6 Å². The molecule has 0 aliphatic heterocycles. The van der Waals surface area contributed by atoms with E-state index in [1.807, 2.05) is 37.5 Å². The molecule has 0 atom stereocenters. The van der Waals surface area contributed by atoms with E-state index in [-0.39, 0.29) is 0 Å². The van der Waals surface area contributed by atoms with Gasteiger partial charge in [0.05, 0.1) is 24.1 Å². The molecule has 1 aromatic carbocycles. The fraction of sp³-hybridized carbons (Fsp3) is 0.409. The maximum Gasteiger partial charge on any atom is 0.227 e. The summed E-state index contributed by atoms with van der Waals surface area (Å²) in [6.07, 6.45) is 10.2. The first-order chi connectivity index (χ1) is 13.6. The van der Waals surface area contributed by atoms with Crippen molar-refractivity contribution in [1.29, 1.82) is 0 Å². The third kappa shape index (κ3) is 3.86. The van der Waals surface area contributed by atoms with Crippen LogP contribution in [-0.4, -0.2) is 27.0 Å². The largest absolute Gasteiger partial charge is 0.496 e. The number of aryl methyl sites for hydroxylation is 2. The Morgan fingerprint density at radius 3 is 2.64 bits per heavy atom. The van der Waals surface area contributed by atoms with Gasteiger partial charge in [-0.25, -0.2) is 15.0 Å². The Labute approximate surface area is 165 Å². The Morgan fingerprint density at radius 2 is 1.93 bits per heavy atom. The van der Waals surface area contributed by atoms with E-state index in [1.54, 1.807) is 7.11 Å². The van der Waals surface area contributed by atoms with Crippen molar-refractivity contribution in [3.63, 3.8) is 0 Å². The van der Waals surface area contributed by atoms with E-state index < -0.39 is 0 Å². The SMILES string of the molecule is COc1cc(Nc2ncc(C)c(C3CCCCC3)n2)ccc1-c1nc(C)c[nH]1. The third-order valence-corrected chi connectivity index (χ3v) is 5.42. The van der Waals surface area contributed by atoms with Crippen molar-refractivity contribution < 1.29 is 4.74 Å². The first-order valence-corrected chi connectivity index (χ1v) is 9.95. The lowest BCUT2D eigenvalue weighted by molar-refractivity contribution is 0.416. The van der Waals surface area contributed by atoms with E-state index in [0.717, 1.165) is 28.5 Å². The molecule has 28 heavy (non-hydrogen) atoms. The van der Waals surface area contributed by atoms with Crippen LogP contribution >= 0.6 is 0 Å². The van der Waals surface area contributed by atoms with Crippen LogP contribution in [0, 0.1) is 13.8 Å². The minimum absolute atomic E-state index is 0.552. The molecule has 0 amide bonds. The molecule has 1 saturated carbocycles. The minimum atomic E-state index is 0.552. The second-order valence-electron chi connectivity index (χ2n) is 7.53.